The molecule has 0 aromatic heterocycles. The van der Waals surface area contributed by atoms with Crippen LogP contribution in [0.4, 0.5) is 5.69 Å². The van der Waals surface area contributed by atoms with Gasteiger partial charge < -0.3 is 14.6 Å². The van der Waals surface area contributed by atoms with E-state index in [1.54, 1.807) is 6.07 Å². The maximum Gasteiger partial charge on any atom is 0.339 e. The van der Waals surface area contributed by atoms with Gasteiger partial charge in [0, 0.05) is 21.3 Å². The summed E-state index contributed by atoms with van der Waals surface area (Å²) in [4.78, 5) is 12.4. The van der Waals surface area contributed by atoms with Crippen molar-refractivity contribution in [2.45, 2.75) is 4.90 Å². The highest BCUT2D eigenvalue weighted by Gasteiger charge is 2.22. The summed E-state index contributed by atoms with van der Waals surface area (Å²) in [5, 5.41) is 21.6. The van der Waals surface area contributed by atoms with Gasteiger partial charge in [0.1, 0.15) is 22.3 Å². The van der Waals surface area contributed by atoms with Crippen molar-refractivity contribution in [1.82, 2.24) is 0 Å². The number of rotatable bonds is 6. The van der Waals surface area contributed by atoms with Crippen LogP contribution in [0.25, 0.3) is 6.08 Å². The molecule has 0 saturated carbocycles. The van der Waals surface area contributed by atoms with Crippen LogP contribution >= 0.6 is 34.8 Å². The summed E-state index contributed by atoms with van der Waals surface area (Å²) in [7, 11) is -4.33. The number of halogens is 3. The summed E-state index contributed by atoms with van der Waals surface area (Å²) in [6.07, 6.45) is 1.10. The third-order valence-electron chi connectivity index (χ3n) is 4.12. The van der Waals surface area contributed by atoms with E-state index in [2.05, 4.69) is 5.32 Å². The number of nitriles is 1. The fraction of sp³-hybridized carbons (Fsp3) is 0. The molecule has 11 heteroatoms. The number of benzene rings is 3. The first kappa shape index (κ1) is 24.4. The van der Waals surface area contributed by atoms with E-state index in [9.17, 15) is 23.6 Å². The van der Waals surface area contributed by atoms with Crippen molar-refractivity contribution in [3.63, 3.8) is 0 Å². The second kappa shape index (κ2) is 10.1. The molecule has 0 heterocycles. The lowest BCUT2D eigenvalue weighted by atomic mass is 10.1. The zero-order valence-corrected chi connectivity index (χ0v) is 19.5. The van der Waals surface area contributed by atoms with Crippen LogP contribution < -0.4 is 9.50 Å². The van der Waals surface area contributed by atoms with Gasteiger partial charge in [0.2, 0.25) is 0 Å². The van der Waals surface area contributed by atoms with Crippen molar-refractivity contribution in [2.75, 3.05) is 5.32 Å². The number of nitrogens with zero attached hydrogens (tertiary/aromatic N) is 1. The lowest BCUT2D eigenvalue weighted by Gasteiger charge is -2.12. The van der Waals surface area contributed by atoms with Crippen molar-refractivity contribution >= 4 is 62.6 Å². The molecule has 3 aromatic rings. The molecule has 0 aliphatic heterocycles. The molecule has 0 spiro atoms. The highest BCUT2D eigenvalue weighted by atomic mass is 35.5. The van der Waals surface area contributed by atoms with Crippen LogP contribution in [0.1, 0.15) is 5.56 Å². The van der Waals surface area contributed by atoms with Gasteiger partial charge in [0.25, 0.3) is 5.91 Å². The third kappa shape index (κ3) is 6.18. The highest BCUT2D eigenvalue weighted by Crippen LogP contribution is 2.36. The molecule has 1 amide bonds. The van der Waals surface area contributed by atoms with Gasteiger partial charge >= 0.3 is 10.1 Å². The number of hydrogen-bond donors (Lipinski definition) is 2. The van der Waals surface area contributed by atoms with Crippen molar-refractivity contribution in [1.29, 1.82) is 5.26 Å². The largest absolute Gasteiger partial charge is 0.508 e. The number of phenols is 1. The maximum absolute atomic E-state index is 12.7. The van der Waals surface area contributed by atoms with Gasteiger partial charge in [-0.25, -0.2) is 0 Å². The lowest BCUT2D eigenvalue weighted by molar-refractivity contribution is -0.112. The second-order valence-corrected chi connectivity index (χ2v) is 9.29. The monoisotopic (exact) mass is 522 g/mol. The van der Waals surface area contributed by atoms with Crippen LogP contribution in [0.2, 0.25) is 15.1 Å². The minimum Gasteiger partial charge on any atom is -0.508 e. The summed E-state index contributed by atoms with van der Waals surface area (Å²) < 4.78 is 30.7. The van der Waals surface area contributed by atoms with Crippen LogP contribution in [0.5, 0.6) is 11.5 Å². The van der Waals surface area contributed by atoms with Gasteiger partial charge in [-0.3, -0.25) is 4.79 Å². The average Bonchev–Trinajstić information content (AvgIpc) is 2.76. The molecule has 0 saturated heterocycles. The number of aromatic hydroxyl groups is 1. The molecule has 7 nitrogen and oxygen atoms in total. The van der Waals surface area contributed by atoms with Gasteiger partial charge in [0.15, 0.2) is 5.75 Å². The zero-order valence-electron chi connectivity index (χ0n) is 16.4. The molecular weight excluding hydrogens is 511 g/mol. The van der Waals surface area contributed by atoms with Crippen LogP contribution in [0.15, 0.2) is 71.1 Å². The first-order valence-corrected chi connectivity index (χ1v) is 11.5. The van der Waals surface area contributed by atoms with E-state index in [0.717, 1.165) is 6.08 Å². The fourth-order valence-electron chi connectivity index (χ4n) is 2.58. The Morgan fingerprint density at radius 1 is 1.00 bits per heavy atom. The maximum atomic E-state index is 12.7. The average molecular weight is 524 g/mol. The van der Waals surface area contributed by atoms with Gasteiger partial charge in [-0.1, -0.05) is 34.8 Å². The summed E-state index contributed by atoms with van der Waals surface area (Å²) in [5.74, 6) is -1.10. The minimum atomic E-state index is -4.33. The van der Waals surface area contributed by atoms with Crippen LogP contribution in [-0.4, -0.2) is 19.4 Å². The molecule has 0 atom stereocenters. The summed E-state index contributed by atoms with van der Waals surface area (Å²) in [6, 6.07) is 15.1. The van der Waals surface area contributed by atoms with E-state index in [1.807, 2.05) is 0 Å². The molecule has 0 radical (unpaired) electrons. The fourth-order valence-corrected chi connectivity index (χ4v) is 4.27. The van der Waals surface area contributed by atoms with E-state index in [0.29, 0.717) is 10.7 Å². The molecule has 33 heavy (non-hydrogen) atoms. The van der Waals surface area contributed by atoms with Crippen LogP contribution in [-0.2, 0) is 14.9 Å². The van der Waals surface area contributed by atoms with Gasteiger partial charge in [-0.2, -0.15) is 13.7 Å². The summed E-state index contributed by atoms with van der Waals surface area (Å²) in [6.45, 7) is 0. The summed E-state index contributed by atoms with van der Waals surface area (Å²) >= 11 is 18.0. The van der Waals surface area contributed by atoms with E-state index in [1.165, 1.54) is 60.7 Å². The summed E-state index contributed by atoms with van der Waals surface area (Å²) in [5.41, 5.74) is -0.0672. The Hall–Kier alpha value is -3.22. The molecule has 0 bridgehead atoms. The zero-order chi connectivity index (χ0) is 24.2. The number of anilines is 1. The molecular formula is C22H13Cl3N2O5S. The van der Waals surface area contributed by atoms with E-state index in [4.69, 9.17) is 39.0 Å². The number of phenolic OH excluding ortho intramolecular Hbond substituents is 1. The van der Waals surface area contributed by atoms with Gasteiger partial charge in [-0.15, -0.1) is 0 Å². The number of carbonyl (C=O) groups excluding carboxylic acids is 1. The van der Waals surface area contributed by atoms with Gasteiger partial charge in [0.05, 0.1) is 5.02 Å². The van der Waals surface area contributed by atoms with Crippen molar-refractivity contribution in [2.24, 2.45) is 0 Å². The Balaban J connectivity index is 1.99. The van der Waals surface area contributed by atoms with Crippen LogP contribution in [0.3, 0.4) is 0 Å². The third-order valence-corrected chi connectivity index (χ3v) is 6.11. The molecule has 0 aliphatic carbocycles. The minimum absolute atomic E-state index is 0.00121. The predicted molar refractivity (Wildman–Crippen MR) is 126 cm³/mol. The molecule has 0 unspecified atom stereocenters. The van der Waals surface area contributed by atoms with E-state index < -0.39 is 16.0 Å². The van der Waals surface area contributed by atoms with Crippen molar-refractivity contribution in [3.8, 4) is 17.6 Å². The number of hydrogen-bond acceptors (Lipinski definition) is 6. The van der Waals surface area contributed by atoms with Gasteiger partial charge in [-0.05, 0) is 66.7 Å². The van der Waals surface area contributed by atoms with E-state index >= 15 is 0 Å². The van der Waals surface area contributed by atoms with Crippen molar-refractivity contribution < 1.29 is 22.5 Å². The standard InChI is InChI=1S/C22H13Cl3N2O5S/c23-15-1-7-19(8-2-15)33(30,31)32-21-13(10-16(24)11-20(21)25)9-14(12-26)22(29)27-17-3-5-18(28)6-4-17/h1-11,28H,(H,27,29)/b14-9+. The number of amides is 1. The first-order chi connectivity index (χ1) is 15.6. The Morgan fingerprint density at radius 3 is 2.24 bits per heavy atom. The second-order valence-electron chi connectivity index (χ2n) is 6.47. The Kier molecular flexibility index (Phi) is 7.51. The van der Waals surface area contributed by atoms with Crippen molar-refractivity contribution in [3.05, 3.63) is 86.9 Å². The predicted octanol–water partition coefficient (Wildman–Crippen LogP) is 5.67. The molecule has 3 rings (SSSR count). The number of nitrogens with one attached hydrogen (secondary N) is 1. The smallest absolute Gasteiger partial charge is 0.339 e. The quantitative estimate of drug-likeness (QED) is 0.186. The SMILES string of the molecule is N#C/C(=C\c1cc(Cl)cc(Cl)c1OS(=O)(=O)c1ccc(Cl)cc1)C(=O)Nc1ccc(O)cc1. The highest BCUT2D eigenvalue weighted by molar-refractivity contribution is 7.87. The Labute approximate surface area is 204 Å². The molecule has 3 aromatic carbocycles. The normalized spacial score (nSPS) is 11.5. The Morgan fingerprint density at radius 2 is 1.64 bits per heavy atom. The molecule has 168 valence electrons. The molecule has 2 N–H and O–H groups in total. The van der Waals surface area contributed by atoms with E-state index in [-0.39, 0.29) is 37.6 Å². The first-order valence-electron chi connectivity index (χ1n) is 9.00. The lowest BCUT2D eigenvalue weighted by Crippen LogP contribution is -2.14. The topological polar surface area (TPSA) is 116 Å². The molecule has 0 fully saturated rings. The Bertz CT molecular complexity index is 1380. The number of carbonyl (C=O) groups is 1. The molecule has 0 aliphatic rings. The van der Waals surface area contributed by atoms with Crippen LogP contribution in [0, 0.1) is 11.3 Å².